The molecule has 1 aliphatic carbocycles. The van der Waals surface area contributed by atoms with Crippen LogP contribution in [0.2, 0.25) is 0 Å². The van der Waals surface area contributed by atoms with Gasteiger partial charge in [0.05, 0.1) is 5.52 Å². The predicted molar refractivity (Wildman–Crippen MR) is 75.9 cm³/mol. The van der Waals surface area contributed by atoms with Crippen LogP contribution >= 0.6 is 0 Å². The van der Waals surface area contributed by atoms with Crippen LogP contribution in [-0.4, -0.2) is 4.57 Å². The molecular formula is C16H16FNO. The Morgan fingerprint density at radius 3 is 2.74 bits per heavy atom. The minimum Gasteiger partial charge on any atom is -0.341 e. The minimum atomic E-state index is -0.383. The van der Waals surface area contributed by atoms with Crippen molar-refractivity contribution in [2.45, 2.75) is 32.2 Å². The third kappa shape index (κ3) is 1.89. The van der Waals surface area contributed by atoms with Gasteiger partial charge in [-0.15, -0.1) is 0 Å². The van der Waals surface area contributed by atoms with E-state index in [1.807, 2.05) is 6.92 Å². The maximum absolute atomic E-state index is 13.8. The van der Waals surface area contributed by atoms with E-state index in [1.54, 1.807) is 12.1 Å². The molecule has 1 saturated carbocycles. The molecule has 0 unspecified atom stereocenters. The van der Waals surface area contributed by atoms with Crippen molar-refractivity contribution in [3.8, 4) is 0 Å². The highest BCUT2D eigenvalue weighted by molar-refractivity contribution is 5.82. The Hall–Kier alpha value is -1.90. The zero-order chi connectivity index (χ0) is 13.6. The van der Waals surface area contributed by atoms with Gasteiger partial charge < -0.3 is 4.57 Å². The number of aryl methyl sites for hydroxylation is 1. The first-order valence-electron chi connectivity index (χ1n) is 6.65. The van der Waals surface area contributed by atoms with E-state index in [-0.39, 0.29) is 11.2 Å². The first kappa shape index (κ1) is 12.2. The van der Waals surface area contributed by atoms with Gasteiger partial charge in [-0.3, -0.25) is 4.79 Å². The number of fused-ring (bicyclic) bond motifs is 1. The van der Waals surface area contributed by atoms with Crippen molar-refractivity contribution in [1.82, 2.24) is 4.57 Å². The summed E-state index contributed by atoms with van der Waals surface area (Å²) in [7, 11) is 0. The summed E-state index contributed by atoms with van der Waals surface area (Å²) in [5.74, 6) is -0.383. The lowest BCUT2D eigenvalue weighted by molar-refractivity contribution is 0.625. The second-order valence-corrected chi connectivity index (χ2v) is 5.05. The van der Waals surface area contributed by atoms with Crippen molar-refractivity contribution in [2.24, 2.45) is 0 Å². The van der Waals surface area contributed by atoms with Gasteiger partial charge in [-0.05, 0) is 31.4 Å². The number of rotatable bonds is 3. The molecule has 0 N–H and O–H groups in total. The van der Waals surface area contributed by atoms with E-state index in [1.165, 1.54) is 12.1 Å². The van der Waals surface area contributed by atoms with Crippen LogP contribution in [0, 0.1) is 5.82 Å². The molecule has 2 aromatic rings. The molecule has 3 rings (SSSR count). The zero-order valence-electron chi connectivity index (χ0n) is 10.9. The number of pyridine rings is 1. The second kappa shape index (κ2) is 4.34. The van der Waals surface area contributed by atoms with E-state index in [4.69, 9.17) is 0 Å². The Bertz CT molecular complexity index is 726. The Kier molecular flexibility index (Phi) is 2.77. The quantitative estimate of drug-likeness (QED) is 0.822. The van der Waals surface area contributed by atoms with E-state index in [0.717, 1.165) is 30.5 Å². The fourth-order valence-electron chi connectivity index (χ4n) is 2.62. The van der Waals surface area contributed by atoms with Crippen LogP contribution in [0.15, 0.2) is 29.6 Å². The second-order valence-electron chi connectivity index (χ2n) is 5.05. The van der Waals surface area contributed by atoms with Crippen molar-refractivity contribution < 1.29 is 4.39 Å². The number of hydrogen-bond donors (Lipinski definition) is 0. The van der Waals surface area contributed by atoms with Gasteiger partial charge in [-0.2, -0.15) is 0 Å². The first-order chi connectivity index (χ1) is 9.15. The number of aromatic nitrogens is 1. The summed E-state index contributed by atoms with van der Waals surface area (Å²) in [5, 5.41) is 0.465. The van der Waals surface area contributed by atoms with Crippen molar-refractivity contribution in [2.75, 3.05) is 0 Å². The Morgan fingerprint density at radius 1 is 1.42 bits per heavy atom. The molecule has 3 heteroatoms. The smallest absolute Gasteiger partial charge is 0.189 e. The molecule has 0 saturated heterocycles. The average Bonchev–Trinajstić information content (AvgIpc) is 3.22. The summed E-state index contributed by atoms with van der Waals surface area (Å²) < 4.78 is 16.0. The van der Waals surface area contributed by atoms with Crippen LogP contribution in [0.1, 0.15) is 37.1 Å². The monoisotopic (exact) mass is 257 g/mol. The molecular weight excluding hydrogens is 241 g/mol. The summed E-state index contributed by atoms with van der Waals surface area (Å²) in [6.07, 6.45) is 4.56. The number of nitrogens with zero attached hydrogens (tertiary/aromatic N) is 1. The molecule has 1 heterocycles. The van der Waals surface area contributed by atoms with E-state index in [0.29, 0.717) is 17.0 Å². The van der Waals surface area contributed by atoms with Gasteiger partial charge in [0, 0.05) is 28.8 Å². The molecule has 2 nitrogen and oxygen atoms in total. The lowest BCUT2D eigenvalue weighted by Gasteiger charge is -2.16. The first-order valence-corrected chi connectivity index (χ1v) is 6.65. The zero-order valence-corrected chi connectivity index (χ0v) is 10.9. The summed E-state index contributed by atoms with van der Waals surface area (Å²) in [4.78, 5) is 12.1. The number of hydrogen-bond acceptors (Lipinski definition) is 1. The highest BCUT2D eigenvalue weighted by atomic mass is 19.1. The van der Waals surface area contributed by atoms with Gasteiger partial charge in [0.15, 0.2) is 5.43 Å². The maximum Gasteiger partial charge on any atom is 0.189 e. The molecule has 0 spiro atoms. The standard InChI is InChI=1S/C16H16FNO/c1-3-10-7-15-13(9-14(10)17)16(19)8-11(4-2)18(15)12-5-6-12/h3,7-9,12H,1,4-6H2,2H3. The Morgan fingerprint density at radius 2 is 2.16 bits per heavy atom. The fourth-order valence-corrected chi connectivity index (χ4v) is 2.62. The molecule has 0 bridgehead atoms. The fraction of sp³-hybridized carbons (Fsp3) is 0.312. The average molecular weight is 257 g/mol. The topological polar surface area (TPSA) is 22.0 Å². The molecule has 1 aromatic carbocycles. The van der Waals surface area contributed by atoms with Crippen LogP contribution in [0.5, 0.6) is 0 Å². The predicted octanol–water partition coefficient (Wildman–Crippen LogP) is 3.68. The van der Waals surface area contributed by atoms with Gasteiger partial charge >= 0.3 is 0 Å². The van der Waals surface area contributed by atoms with Crippen molar-refractivity contribution >= 4 is 17.0 Å². The molecule has 1 fully saturated rings. The van der Waals surface area contributed by atoms with Crippen LogP contribution < -0.4 is 5.43 Å². The maximum atomic E-state index is 13.8. The summed E-state index contributed by atoms with van der Waals surface area (Å²) >= 11 is 0. The highest BCUT2D eigenvalue weighted by Crippen LogP contribution is 2.38. The highest BCUT2D eigenvalue weighted by Gasteiger charge is 2.26. The summed E-state index contributed by atoms with van der Waals surface area (Å²) in [5.41, 5.74) is 2.22. The number of benzene rings is 1. The van der Waals surface area contributed by atoms with Gasteiger partial charge in [0.25, 0.3) is 0 Å². The molecule has 0 atom stereocenters. The number of halogens is 1. The lowest BCUT2D eigenvalue weighted by atomic mass is 10.1. The molecule has 0 amide bonds. The summed E-state index contributed by atoms with van der Waals surface area (Å²) in [6.45, 7) is 5.67. The summed E-state index contributed by atoms with van der Waals surface area (Å²) in [6, 6.07) is 5.19. The van der Waals surface area contributed by atoms with Crippen LogP contribution in [0.4, 0.5) is 4.39 Å². The molecule has 0 aliphatic heterocycles. The van der Waals surface area contributed by atoms with E-state index >= 15 is 0 Å². The van der Waals surface area contributed by atoms with E-state index in [2.05, 4.69) is 11.1 Å². The minimum absolute atomic E-state index is 0.0988. The van der Waals surface area contributed by atoms with Gasteiger partial charge in [0.1, 0.15) is 5.82 Å². The Labute approximate surface area is 111 Å². The van der Waals surface area contributed by atoms with Crippen LogP contribution in [0.3, 0.4) is 0 Å². The van der Waals surface area contributed by atoms with E-state index in [9.17, 15) is 9.18 Å². The van der Waals surface area contributed by atoms with Crippen molar-refractivity contribution in [3.05, 3.63) is 52.1 Å². The van der Waals surface area contributed by atoms with Gasteiger partial charge in [-0.1, -0.05) is 19.6 Å². The normalized spacial score (nSPS) is 14.8. The van der Waals surface area contributed by atoms with Crippen molar-refractivity contribution in [3.63, 3.8) is 0 Å². The SMILES string of the molecule is C=Cc1cc2c(cc1F)c(=O)cc(CC)n2C1CC1. The van der Waals surface area contributed by atoms with Gasteiger partial charge in [-0.25, -0.2) is 4.39 Å². The molecule has 1 aliphatic rings. The molecule has 1 aromatic heterocycles. The molecule has 98 valence electrons. The molecule has 19 heavy (non-hydrogen) atoms. The van der Waals surface area contributed by atoms with Crippen molar-refractivity contribution in [1.29, 1.82) is 0 Å². The Balaban J connectivity index is 2.44. The third-order valence-electron chi connectivity index (χ3n) is 3.74. The third-order valence-corrected chi connectivity index (χ3v) is 3.74. The largest absolute Gasteiger partial charge is 0.341 e. The van der Waals surface area contributed by atoms with Crippen LogP contribution in [-0.2, 0) is 6.42 Å². The van der Waals surface area contributed by atoms with Crippen LogP contribution in [0.25, 0.3) is 17.0 Å². The van der Waals surface area contributed by atoms with E-state index < -0.39 is 0 Å². The lowest BCUT2D eigenvalue weighted by Crippen LogP contribution is -2.13. The van der Waals surface area contributed by atoms with Gasteiger partial charge in [0.2, 0.25) is 0 Å². The molecule has 0 radical (unpaired) electrons.